The molecule has 2 fully saturated rings. The van der Waals surface area contributed by atoms with Crippen LogP contribution in [0.4, 0.5) is 0 Å². The van der Waals surface area contributed by atoms with Crippen molar-refractivity contribution in [3.63, 3.8) is 0 Å². The summed E-state index contributed by atoms with van der Waals surface area (Å²) in [7, 11) is 1.68. The molecule has 2 amide bonds. The lowest BCUT2D eigenvalue weighted by atomic mass is 9.99. The third kappa shape index (κ3) is 4.60. The molecule has 0 aromatic heterocycles. The number of benzene rings is 1. The van der Waals surface area contributed by atoms with Gasteiger partial charge in [0.2, 0.25) is 11.8 Å². The maximum absolute atomic E-state index is 12.6. The Kier molecular flexibility index (Phi) is 6.08. The standard InChI is InChI=1S/C20H28N2O3/c1-25-15-17-6-4-5-16(13-17)14-20(24)21-11-8-18(9-12-21)22-10-3-2-7-19(22)23/h4-6,13,18H,2-3,7-12,14-15H2,1H3. The molecule has 0 radical (unpaired) electrons. The number of likely N-dealkylation sites (tertiary alicyclic amines) is 2. The second kappa shape index (κ2) is 8.48. The van der Waals surface area contributed by atoms with E-state index in [4.69, 9.17) is 4.74 Å². The van der Waals surface area contributed by atoms with E-state index >= 15 is 0 Å². The Labute approximate surface area is 149 Å². The first-order chi connectivity index (χ1) is 12.2. The molecule has 5 heteroatoms. The van der Waals surface area contributed by atoms with Crippen molar-refractivity contribution in [2.75, 3.05) is 26.7 Å². The quantitative estimate of drug-likeness (QED) is 0.824. The van der Waals surface area contributed by atoms with Crippen molar-refractivity contribution in [2.45, 2.75) is 51.2 Å². The largest absolute Gasteiger partial charge is 0.380 e. The van der Waals surface area contributed by atoms with Gasteiger partial charge in [-0.05, 0) is 36.8 Å². The molecule has 1 aromatic carbocycles. The summed E-state index contributed by atoms with van der Waals surface area (Å²) in [6.45, 7) is 2.97. The maximum atomic E-state index is 12.6. The SMILES string of the molecule is COCc1cccc(CC(=O)N2CCC(N3CCCCC3=O)CC2)c1. The van der Waals surface area contributed by atoms with Crippen LogP contribution in [0.15, 0.2) is 24.3 Å². The normalized spacial score (nSPS) is 19.3. The zero-order chi connectivity index (χ0) is 17.6. The third-order valence-electron chi connectivity index (χ3n) is 5.28. The molecule has 0 saturated carbocycles. The zero-order valence-corrected chi connectivity index (χ0v) is 15.1. The van der Waals surface area contributed by atoms with Crippen molar-refractivity contribution in [2.24, 2.45) is 0 Å². The van der Waals surface area contributed by atoms with Crippen molar-refractivity contribution < 1.29 is 14.3 Å². The average Bonchev–Trinajstić information content (AvgIpc) is 2.63. The minimum atomic E-state index is 0.179. The first kappa shape index (κ1) is 17.9. The summed E-state index contributed by atoms with van der Waals surface area (Å²) in [5, 5.41) is 0. The van der Waals surface area contributed by atoms with E-state index in [1.807, 2.05) is 29.2 Å². The number of carbonyl (C=O) groups is 2. The molecule has 136 valence electrons. The van der Waals surface area contributed by atoms with Crippen LogP contribution in [-0.2, 0) is 27.4 Å². The molecule has 1 aromatic rings. The number of hydrogen-bond acceptors (Lipinski definition) is 3. The van der Waals surface area contributed by atoms with Gasteiger partial charge in [0.1, 0.15) is 0 Å². The molecule has 25 heavy (non-hydrogen) atoms. The molecule has 5 nitrogen and oxygen atoms in total. The Morgan fingerprint density at radius 3 is 2.64 bits per heavy atom. The maximum Gasteiger partial charge on any atom is 0.226 e. The van der Waals surface area contributed by atoms with Gasteiger partial charge in [0.25, 0.3) is 0 Å². The highest BCUT2D eigenvalue weighted by atomic mass is 16.5. The summed E-state index contributed by atoms with van der Waals surface area (Å²) >= 11 is 0. The third-order valence-corrected chi connectivity index (χ3v) is 5.28. The molecule has 0 bridgehead atoms. The summed E-state index contributed by atoms with van der Waals surface area (Å²) < 4.78 is 5.15. The van der Waals surface area contributed by atoms with Gasteiger partial charge in [-0.25, -0.2) is 0 Å². The van der Waals surface area contributed by atoms with Gasteiger partial charge >= 0.3 is 0 Å². The Hall–Kier alpha value is -1.88. The number of rotatable bonds is 5. The highest BCUT2D eigenvalue weighted by molar-refractivity contribution is 5.79. The minimum Gasteiger partial charge on any atom is -0.380 e. The molecule has 2 saturated heterocycles. The lowest BCUT2D eigenvalue weighted by Crippen LogP contribution is -2.50. The topological polar surface area (TPSA) is 49.9 Å². The van der Waals surface area contributed by atoms with Crippen LogP contribution in [0, 0.1) is 0 Å². The predicted molar refractivity (Wildman–Crippen MR) is 96.0 cm³/mol. The van der Waals surface area contributed by atoms with Gasteiger partial charge in [0.05, 0.1) is 13.0 Å². The number of ether oxygens (including phenoxy) is 1. The van der Waals surface area contributed by atoms with E-state index in [1.54, 1.807) is 7.11 Å². The molecule has 3 rings (SSSR count). The van der Waals surface area contributed by atoms with E-state index < -0.39 is 0 Å². The van der Waals surface area contributed by atoms with Crippen molar-refractivity contribution >= 4 is 11.8 Å². The van der Waals surface area contributed by atoms with Crippen LogP contribution in [0.3, 0.4) is 0 Å². The molecule has 0 N–H and O–H groups in total. The van der Waals surface area contributed by atoms with Crippen molar-refractivity contribution in [1.82, 2.24) is 9.80 Å². The molecule has 0 unspecified atom stereocenters. The second-order valence-corrected chi connectivity index (χ2v) is 7.09. The number of amides is 2. The number of nitrogens with zero attached hydrogens (tertiary/aromatic N) is 2. The summed E-state index contributed by atoms with van der Waals surface area (Å²) in [5.41, 5.74) is 2.13. The van der Waals surface area contributed by atoms with Gasteiger partial charge in [0, 0.05) is 39.2 Å². The van der Waals surface area contributed by atoms with E-state index in [2.05, 4.69) is 4.90 Å². The molecule has 2 aliphatic heterocycles. The molecule has 2 heterocycles. The second-order valence-electron chi connectivity index (χ2n) is 7.09. The van der Waals surface area contributed by atoms with Crippen molar-refractivity contribution in [3.05, 3.63) is 35.4 Å². The first-order valence-electron chi connectivity index (χ1n) is 9.31. The van der Waals surface area contributed by atoms with Crippen LogP contribution in [0.5, 0.6) is 0 Å². The summed E-state index contributed by atoms with van der Waals surface area (Å²) in [5.74, 6) is 0.476. The Bertz CT molecular complexity index is 609. The summed E-state index contributed by atoms with van der Waals surface area (Å²) in [4.78, 5) is 28.7. The fraction of sp³-hybridized carbons (Fsp3) is 0.600. The van der Waals surface area contributed by atoms with Gasteiger partial charge in [-0.15, -0.1) is 0 Å². The van der Waals surface area contributed by atoms with Crippen LogP contribution >= 0.6 is 0 Å². The molecule has 0 aliphatic carbocycles. The van der Waals surface area contributed by atoms with Crippen molar-refractivity contribution in [1.29, 1.82) is 0 Å². The number of hydrogen-bond donors (Lipinski definition) is 0. The number of carbonyl (C=O) groups excluding carboxylic acids is 2. The highest BCUT2D eigenvalue weighted by Gasteiger charge is 2.30. The monoisotopic (exact) mass is 344 g/mol. The number of methoxy groups -OCH3 is 1. The van der Waals surface area contributed by atoms with E-state index in [1.165, 1.54) is 0 Å². The fourth-order valence-electron chi connectivity index (χ4n) is 3.92. The van der Waals surface area contributed by atoms with Gasteiger partial charge in [-0.1, -0.05) is 24.3 Å². The Balaban J connectivity index is 1.51. The van der Waals surface area contributed by atoms with Crippen LogP contribution in [0.1, 0.15) is 43.2 Å². The molecule has 2 aliphatic rings. The highest BCUT2D eigenvalue weighted by Crippen LogP contribution is 2.22. The minimum absolute atomic E-state index is 0.179. The van der Waals surface area contributed by atoms with Crippen LogP contribution in [0.25, 0.3) is 0 Å². The average molecular weight is 344 g/mol. The zero-order valence-electron chi connectivity index (χ0n) is 15.1. The van der Waals surface area contributed by atoms with E-state index in [0.29, 0.717) is 31.4 Å². The van der Waals surface area contributed by atoms with Crippen LogP contribution < -0.4 is 0 Å². The van der Waals surface area contributed by atoms with Gasteiger partial charge < -0.3 is 14.5 Å². The molecule has 0 atom stereocenters. The lowest BCUT2D eigenvalue weighted by Gasteiger charge is -2.40. The molecule has 0 spiro atoms. The number of piperidine rings is 2. The predicted octanol–water partition coefficient (Wildman–Crippen LogP) is 2.38. The van der Waals surface area contributed by atoms with Crippen LogP contribution in [0.2, 0.25) is 0 Å². The van der Waals surface area contributed by atoms with Gasteiger partial charge in [0.15, 0.2) is 0 Å². The van der Waals surface area contributed by atoms with E-state index in [0.717, 1.165) is 56.4 Å². The fourth-order valence-corrected chi connectivity index (χ4v) is 3.92. The first-order valence-corrected chi connectivity index (χ1v) is 9.31. The molecular weight excluding hydrogens is 316 g/mol. The summed E-state index contributed by atoms with van der Waals surface area (Å²) in [6.07, 6.45) is 5.07. The Morgan fingerprint density at radius 2 is 1.92 bits per heavy atom. The van der Waals surface area contributed by atoms with E-state index in [9.17, 15) is 9.59 Å². The smallest absolute Gasteiger partial charge is 0.226 e. The molecular formula is C20H28N2O3. The van der Waals surface area contributed by atoms with Crippen molar-refractivity contribution in [3.8, 4) is 0 Å². The lowest BCUT2D eigenvalue weighted by molar-refractivity contribution is -0.138. The van der Waals surface area contributed by atoms with Crippen LogP contribution in [-0.4, -0.2) is 54.4 Å². The van der Waals surface area contributed by atoms with Gasteiger partial charge in [-0.3, -0.25) is 9.59 Å². The van der Waals surface area contributed by atoms with Gasteiger partial charge in [-0.2, -0.15) is 0 Å². The Morgan fingerprint density at radius 1 is 1.16 bits per heavy atom. The summed E-state index contributed by atoms with van der Waals surface area (Å²) in [6, 6.07) is 8.35. The van der Waals surface area contributed by atoms with E-state index in [-0.39, 0.29) is 5.91 Å².